The second-order valence-corrected chi connectivity index (χ2v) is 4.65. The van der Waals surface area contributed by atoms with Gasteiger partial charge in [0.15, 0.2) is 0 Å². The third kappa shape index (κ3) is 2.76. The Balaban J connectivity index is 2.33. The summed E-state index contributed by atoms with van der Waals surface area (Å²) in [6.45, 7) is 1.26. The van der Waals surface area contributed by atoms with Gasteiger partial charge in [0.2, 0.25) is 0 Å². The van der Waals surface area contributed by atoms with Crippen LogP contribution in [-0.2, 0) is 0 Å². The molecule has 1 aliphatic heterocycles. The van der Waals surface area contributed by atoms with Gasteiger partial charge >= 0.3 is 5.97 Å². The van der Waals surface area contributed by atoms with E-state index >= 15 is 0 Å². The Hall–Kier alpha value is -2.44. The van der Waals surface area contributed by atoms with Crippen molar-refractivity contribution in [2.45, 2.75) is 19.3 Å². The fourth-order valence-electron chi connectivity index (χ4n) is 2.28. The summed E-state index contributed by atoms with van der Waals surface area (Å²) in [5, 5.41) is 19.8. The first kappa shape index (κ1) is 14.0. The number of amides is 1. The summed E-state index contributed by atoms with van der Waals surface area (Å²) >= 11 is 0. The van der Waals surface area contributed by atoms with Crippen LogP contribution in [0.5, 0.6) is 0 Å². The number of nitro groups is 1. The molecule has 0 spiro atoms. The maximum Gasteiger partial charge on any atom is 0.342 e. The number of nitro benzene ring substituents is 1. The Morgan fingerprint density at radius 2 is 1.85 bits per heavy atom. The SMILES string of the molecule is O=C(O)c1ccc(C(=O)N2CCCCC2)cc1[N+](=O)[O-]. The number of piperidine rings is 1. The van der Waals surface area contributed by atoms with Crippen molar-refractivity contribution in [2.75, 3.05) is 13.1 Å². The molecule has 20 heavy (non-hydrogen) atoms. The van der Waals surface area contributed by atoms with Gasteiger partial charge in [-0.1, -0.05) is 0 Å². The predicted octanol–water partition coefficient (Wildman–Crippen LogP) is 1.92. The molecule has 1 aromatic carbocycles. The van der Waals surface area contributed by atoms with Crippen LogP contribution in [0.15, 0.2) is 18.2 Å². The number of carbonyl (C=O) groups excluding carboxylic acids is 1. The minimum atomic E-state index is -1.38. The molecule has 106 valence electrons. The van der Waals surface area contributed by atoms with Crippen LogP contribution >= 0.6 is 0 Å². The summed E-state index contributed by atoms with van der Waals surface area (Å²) in [5.41, 5.74) is -0.811. The predicted molar refractivity (Wildman–Crippen MR) is 69.8 cm³/mol. The lowest BCUT2D eigenvalue weighted by atomic mass is 10.1. The van der Waals surface area contributed by atoms with E-state index in [1.54, 1.807) is 4.90 Å². The van der Waals surface area contributed by atoms with Crippen molar-refractivity contribution in [3.05, 3.63) is 39.4 Å². The van der Waals surface area contributed by atoms with E-state index in [4.69, 9.17) is 5.11 Å². The van der Waals surface area contributed by atoms with Crippen molar-refractivity contribution in [3.8, 4) is 0 Å². The van der Waals surface area contributed by atoms with Gasteiger partial charge in [0, 0.05) is 24.7 Å². The van der Waals surface area contributed by atoms with E-state index < -0.39 is 22.1 Å². The Bertz CT molecular complexity index is 564. The maximum absolute atomic E-state index is 12.2. The van der Waals surface area contributed by atoms with Gasteiger partial charge in [-0.2, -0.15) is 0 Å². The van der Waals surface area contributed by atoms with Crippen molar-refractivity contribution >= 4 is 17.6 Å². The summed E-state index contributed by atoms with van der Waals surface area (Å²) in [4.78, 5) is 34.9. The molecule has 1 aliphatic rings. The molecule has 1 saturated heterocycles. The van der Waals surface area contributed by atoms with Crippen molar-refractivity contribution in [3.63, 3.8) is 0 Å². The number of carbonyl (C=O) groups is 2. The molecule has 0 unspecified atom stereocenters. The van der Waals surface area contributed by atoms with Gasteiger partial charge < -0.3 is 10.0 Å². The van der Waals surface area contributed by atoms with Crippen molar-refractivity contribution < 1.29 is 19.6 Å². The monoisotopic (exact) mass is 278 g/mol. The van der Waals surface area contributed by atoms with Crippen LogP contribution in [0, 0.1) is 10.1 Å². The zero-order valence-corrected chi connectivity index (χ0v) is 10.7. The molecule has 0 bridgehead atoms. The highest BCUT2D eigenvalue weighted by molar-refractivity contribution is 5.98. The van der Waals surface area contributed by atoms with E-state index in [0.29, 0.717) is 13.1 Å². The molecule has 1 heterocycles. The largest absolute Gasteiger partial charge is 0.477 e. The first-order valence-electron chi connectivity index (χ1n) is 6.31. The summed E-state index contributed by atoms with van der Waals surface area (Å²) in [7, 11) is 0. The highest BCUT2D eigenvalue weighted by Crippen LogP contribution is 2.22. The molecule has 1 N–H and O–H groups in total. The van der Waals surface area contributed by atoms with E-state index in [-0.39, 0.29) is 11.5 Å². The lowest BCUT2D eigenvalue weighted by Gasteiger charge is -2.26. The number of hydrogen-bond donors (Lipinski definition) is 1. The van der Waals surface area contributed by atoms with E-state index in [1.165, 1.54) is 6.07 Å². The summed E-state index contributed by atoms with van der Waals surface area (Å²) < 4.78 is 0. The van der Waals surface area contributed by atoms with Crippen molar-refractivity contribution in [1.82, 2.24) is 4.90 Å². The molecule has 0 aliphatic carbocycles. The average Bonchev–Trinajstić information content (AvgIpc) is 2.46. The van der Waals surface area contributed by atoms with Gasteiger partial charge in [-0.3, -0.25) is 14.9 Å². The van der Waals surface area contributed by atoms with Gasteiger partial charge in [0.1, 0.15) is 5.56 Å². The minimum absolute atomic E-state index is 0.156. The second-order valence-electron chi connectivity index (χ2n) is 4.65. The fourth-order valence-corrected chi connectivity index (χ4v) is 2.28. The molecule has 1 fully saturated rings. The second kappa shape index (κ2) is 5.68. The van der Waals surface area contributed by atoms with E-state index in [2.05, 4.69) is 0 Å². The van der Waals surface area contributed by atoms with Crippen LogP contribution in [0.3, 0.4) is 0 Å². The van der Waals surface area contributed by atoms with E-state index in [9.17, 15) is 19.7 Å². The van der Waals surface area contributed by atoms with Crippen LogP contribution in [-0.4, -0.2) is 39.9 Å². The van der Waals surface area contributed by atoms with Gasteiger partial charge in [-0.25, -0.2) is 4.79 Å². The van der Waals surface area contributed by atoms with E-state index in [1.807, 2.05) is 0 Å². The number of hydrogen-bond acceptors (Lipinski definition) is 4. The highest BCUT2D eigenvalue weighted by Gasteiger charge is 2.24. The van der Waals surface area contributed by atoms with Gasteiger partial charge in [0.05, 0.1) is 4.92 Å². The molecule has 7 heteroatoms. The Kier molecular flexibility index (Phi) is 3.97. The lowest BCUT2D eigenvalue weighted by Crippen LogP contribution is -2.35. The number of rotatable bonds is 3. The molecule has 0 saturated carbocycles. The van der Waals surface area contributed by atoms with Gasteiger partial charge in [-0.15, -0.1) is 0 Å². The third-order valence-corrected chi connectivity index (χ3v) is 3.32. The molecule has 0 aromatic heterocycles. The summed E-state index contributed by atoms with van der Waals surface area (Å²) in [6.07, 6.45) is 2.91. The zero-order chi connectivity index (χ0) is 14.7. The molecule has 2 rings (SSSR count). The molecular weight excluding hydrogens is 264 g/mol. The number of likely N-dealkylation sites (tertiary alicyclic amines) is 1. The normalized spacial score (nSPS) is 14.9. The quantitative estimate of drug-likeness (QED) is 0.672. The lowest BCUT2D eigenvalue weighted by molar-refractivity contribution is -0.385. The summed E-state index contributed by atoms with van der Waals surface area (Å²) in [5.74, 6) is -1.67. The van der Waals surface area contributed by atoms with Crippen LogP contribution < -0.4 is 0 Å². The number of benzene rings is 1. The Labute approximate surface area is 115 Å². The van der Waals surface area contributed by atoms with Crippen LogP contribution in [0.1, 0.15) is 40.0 Å². The topological polar surface area (TPSA) is 101 Å². The number of carboxylic acids is 1. The maximum atomic E-state index is 12.2. The fraction of sp³-hybridized carbons (Fsp3) is 0.385. The van der Waals surface area contributed by atoms with Crippen molar-refractivity contribution in [2.24, 2.45) is 0 Å². The minimum Gasteiger partial charge on any atom is -0.477 e. The van der Waals surface area contributed by atoms with Crippen LogP contribution in [0.25, 0.3) is 0 Å². The smallest absolute Gasteiger partial charge is 0.342 e. The molecule has 1 amide bonds. The van der Waals surface area contributed by atoms with Crippen molar-refractivity contribution in [1.29, 1.82) is 0 Å². The van der Waals surface area contributed by atoms with Crippen LogP contribution in [0.2, 0.25) is 0 Å². The highest BCUT2D eigenvalue weighted by atomic mass is 16.6. The molecule has 0 radical (unpaired) electrons. The molecular formula is C13H14N2O5. The first-order valence-corrected chi connectivity index (χ1v) is 6.31. The van der Waals surface area contributed by atoms with E-state index in [0.717, 1.165) is 31.4 Å². The summed E-state index contributed by atoms with van der Waals surface area (Å²) in [6, 6.07) is 3.48. The third-order valence-electron chi connectivity index (χ3n) is 3.32. The van der Waals surface area contributed by atoms with Gasteiger partial charge in [-0.05, 0) is 31.4 Å². The number of nitrogens with zero attached hydrogens (tertiary/aromatic N) is 2. The Morgan fingerprint density at radius 1 is 1.20 bits per heavy atom. The number of aromatic carboxylic acids is 1. The molecule has 1 aromatic rings. The first-order chi connectivity index (χ1) is 9.50. The zero-order valence-electron chi connectivity index (χ0n) is 10.7. The number of carboxylic acid groups (broad SMARTS) is 1. The van der Waals surface area contributed by atoms with Gasteiger partial charge in [0.25, 0.3) is 11.6 Å². The molecule has 0 atom stereocenters. The molecule has 7 nitrogen and oxygen atoms in total. The van der Waals surface area contributed by atoms with Crippen LogP contribution in [0.4, 0.5) is 5.69 Å². The Morgan fingerprint density at radius 3 is 2.40 bits per heavy atom. The standard InChI is InChI=1S/C13H14N2O5/c16-12(14-6-2-1-3-7-14)9-4-5-10(13(17)18)11(8-9)15(19)20/h4-5,8H,1-3,6-7H2,(H,17,18). The average molecular weight is 278 g/mol.